The van der Waals surface area contributed by atoms with Gasteiger partial charge in [0.1, 0.15) is 6.10 Å². The van der Waals surface area contributed by atoms with Gasteiger partial charge in [0.05, 0.1) is 0 Å². The van der Waals surface area contributed by atoms with Crippen molar-refractivity contribution in [2.45, 2.75) is 6.10 Å². The van der Waals surface area contributed by atoms with E-state index in [0.717, 1.165) is 16.5 Å². The van der Waals surface area contributed by atoms with Gasteiger partial charge in [-0.2, -0.15) is 0 Å². The molecule has 94 valence electrons. The Morgan fingerprint density at radius 2 is 1.37 bits per heavy atom. The molecule has 0 fully saturated rings. The molecule has 0 amide bonds. The fourth-order valence-electron chi connectivity index (χ4n) is 2.22. The number of aliphatic hydroxyl groups excluding tert-OH is 1. The molecule has 0 aliphatic rings. The van der Waals surface area contributed by atoms with Crippen molar-refractivity contribution in [3.8, 4) is 0 Å². The van der Waals surface area contributed by atoms with Crippen molar-refractivity contribution in [3.63, 3.8) is 0 Å². The van der Waals surface area contributed by atoms with Gasteiger partial charge < -0.3 is 5.11 Å². The summed E-state index contributed by atoms with van der Waals surface area (Å²) in [5.74, 6) is 0. The molecule has 0 bridgehead atoms. The van der Waals surface area contributed by atoms with E-state index in [-0.39, 0.29) is 0 Å². The summed E-state index contributed by atoms with van der Waals surface area (Å²) in [6.45, 7) is 0. The molecule has 19 heavy (non-hydrogen) atoms. The van der Waals surface area contributed by atoms with Gasteiger partial charge >= 0.3 is 0 Å². The Labute approximate surface area is 117 Å². The third kappa shape index (κ3) is 2.48. The Balaban J connectivity index is 2.01. The molecule has 0 aliphatic carbocycles. The van der Waals surface area contributed by atoms with Crippen molar-refractivity contribution in [1.29, 1.82) is 0 Å². The molecule has 0 aliphatic heterocycles. The van der Waals surface area contributed by atoms with Crippen LogP contribution in [0.5, 0.6) is 0 Å². The summed E-state index contributed by atoms with van der Waals surface area (Å²) in [4.78, 5) is 0. The molecule has 0 saturated carbocycles. The number of hydrogen-bond donors (Lipinski definition) is 1. The van der Waals surface area contributed by atoms with E-state index >= 15 is 0 Å². The van der Waals surface area contributed by atoms with E-state index in [1.807, 2.05) is 48.5 Å². The van der Waals surface area contributed by atoms with Crippen LogP contribution in [0.4, 0.5) is 0 Å². The van der Waals surface area contributed by atoms with Gasteiger partial charge in [-0.05, 0) is 40.1 Å². The molecular weight excluding hydrogens is 256 g/mol. The predicted molar refractivity (Wildman–Crippen MR) is 79.5 cm³/mol. The van der Waals surface area contributed by atoms with E-state index < -0.39 is 6.10 Å². The maximum Gasteiger partial charge on any atom is 0.104 e. The molecule has 2 heteroatoms. The normalized spacial score (nSPS) is 12.5. The van der Waals surface area contributed by atoms with Gasteiger partial charge in [-0.3, -0.25) is 0 Å². The van der Waals surface area contributed by atoms with Crippen molar-refractivity contribution < 1.29 is 5.11 Å². The molecule has 0 radical (unpaired) electrons. The first-order valence-corrected chi connectivity index (χ1v) is 6.54. The van der Waals surface area contributed by atoms with Crippen LogP contribution in [0.1, 0.15) is 17.2 Å². The van der Waals surface area contributed by atoms with E-state index in [0.29, 0.717) is 5.02 Å². The first-order valence-electron chi connectivity index (χ1n) is 6.16. The SMILES string of the molecule is O[C@H](c1ccc(Cl)cc1)c1ccc2ccccc2c1. The van der Waals surface area contributed by atoms with Gasteiger partial charge in [-0.15, -0.1) is 0 Å². The number of hydrogen-bond acceptors (Lipinski definition) is 1. The van der Waals surface area contributed by atoms with E-state index in [1.54, 1.807) is 12.1 Å². The highest BCUT2D eigenvalue weighted by molar-refractivity contribution is 6.30. The fraction of sp³-hybridized carbons (Fsp3) is 0.0588. The summed E-state index contributed by atoms with van der Waals surface area (Å²) in [5, 5.41) is 13.4. The Kier molecular flexibility index (Phi) is 3.24. The van der Waals surface area contributed by atoms with Gasteiger partial charge in [0, 0.05) is 5.02 Å². The Morgan fingerprint density at radius 3 is 2.11 bits per heavy atom. The average molecular weight is 269 g/mol. The molecule has 1 N–H and O–H groups in total. The molecule has 0 heterocycles. The van der Waals surface area contributed by atoms with Crippen molar-refractivity contribution in [3.05, 3.63) is 82.9 Å². The lowest BCUT2D eigenvalue weighted by Crippen LogP contribution is -1.99. The second-order valence-corrected chi connectivity index (χ2v) is 5.00. The highest BCUT2D eigenvalue weighted by Gasteiger charge is 2.10. The third-order valence-electron chi connectivity index (χ3n) is 3.28. The van der Waals surface area contributed by atoms with Crippen molar-refractivity contribution >= 4 is 22.4 Å². The van der Waals surface area contributed by atoms with Gasteiger partial charge in [0.25, 0.3) is 0 Å². The monoisotopic (exact) mass is 268 g/mol. The van der Waals surface area contributed by atoms with E-state index in [1.165, 1.54) is 5.39 Å². The van der Waals surface area contributed by atoms with Crippen LogP contribution in [0.25, 0.3) is 10.8 Å². The smallest absolute Gasteiger partial charge is 0.104 e. The Bertz CT molecular complexity index is 704. The molecule has 0 aromatic heterocycles. The van der Waals surface area contributed by atoms with Crippen molar-refractivity contribution in [2.24, 2.45) is 0 Å². The van der Waals surface area contributed by atoms with E-state index in [2.05, 4.69) is 6.07 Å². The Hall–Kier alpha value is -1.83. The number of aliphatic hydroxyl groups is 1. The highest BCUT2D eigenvalue weighted by atomic mass is 35.5. The predicted octanol–water partition coefficient (Wildman–Crippen LogP) is 4.57. The topological polar surface area (TPSA) is 20.2 Å². The van der Waals surface area contributed by atoms with Crippen LogP contribution < -0.4 is 0 Å². The zero-order valence-electron chi connectivity index (χ0n) is 10.3. The lowest BCUT2D eigenvalue weighted by molar-refractivity contribution is 0.220. The summed E-state index contributed by atoms with van der Waals surface area (Å²) in [5.41, 5.74) is 1.74. The minimum absolute atomic E-state index is 0.623. The standard InChI is InChI=1S/C17H13ClO/c18-16-9-7-13(8-10-16)17(19)15-6-5-12-3-1-2-4-14(12)11-15/h1-11,17,19H/t17-/m1/s1. The maximum absolute atomic E-state index is 10.4. The summed E-state index contributed by atoms with van der Waals surface area (Å²) in [6.07, 6.45) is -0.623. The maximum atomic E-state index is 10.4. The molecule has 0 unspecified atom stereocenters. The lowest BCUT2D eigenvalue weighted by atomic mass is 9.99. The number of benzene rings is 3. The van der Waals surface area contributed by atoms with Crippen LogP contribution in [0.15, 0.2) is 66.7 Å². The molecule has 1 nitrogen and oxygen atoms in total. The first-order chi connectivity index (χ1) is 9.24. The summed E-state index contributed by atoms with van der Waals surface area (Å²) < 4.78 is 0. The molecule has 1 atom stereocenters. The highest BCUT2D eigenvalue weighted by Crippen LogP contribution is 2.26. The van der Waals surface area contributed by atoms with Gasteiger partial charge in [0.2, 0.25) is 0 Å². The van der Waals surface area contributed by atoms with Gasteiger partial charge in [-0.25, -0.2) is 0 Å². The molecular formula is C17H13ClO. The first kappa shape index (κ1) is 12.2. The molecule has 0 saturated heterocycles. The minimum Gasteiger partial charge on any atom is -0.384 e. The quantitative estimate of drug-likeness (QED) is 0.722. The number of halogens is 1. The molecule has 3 aromatic carbocycles. The molecule has 3 aromatic rings. The largest absolute Gasteiger partial charge is 0.384 e. The second kappa shape index (κ2) is 5.04. The van der Waals surface area contributed by atoms with Crippen LogP contribution in [-0.4, -0.2) is 5.11 Å². The minimum atomic E-state index is -0.623. The molecule has 0 spiro atoms. The zero-order chi connectivity index (χ0) is 13.2. The van der Waals surface area contributed by atoms with Crippen LogP contribution >= 0.6 is 11.6 Å². The lowest BCUT2D eigenvalue weighted by Gasteiger charge is -2.12. The van der Waals surface area contributed by atoms with E-state index in [9.17, 15) is 5.11 Å². The molecule has 3 rings (SSSR count). The number of rotatable bonds is 2. The van der Waals surface area contributed by atoms with Crippen molar-refractivity contribution in [2.75, 3.05) is 0 Å². The third-order valence-corrected chi connectivity index (χ3v) is 3.53. The summed E-state index contributed by atoms with van der Waals surface area (Å²) >= 11 is 5.86. The van der Waals surface area contributed by atoms with Crippen LogP contribution in [-0.2, 0) is 0 Å². The fourth-order valence-corrected chi connectivity index (χ4v) is 2.34. The van der Waals surface area contributed by atoms with Gasteiger partial charge in [-0.1, -0.05) is 60.1 Å². The van der Waals surface area contributed by atoms with E-state index in [4.69, 9.17) is 11.6 Å². The van der Waals surface area contributed by atoms with Crippen LogP contribution in [0.3, 0.4) is 0 Å². The number of fused-ring (bicyclic) bond motifs is 1. The van der Waals surface area contributed by atoms with Crippen LogP contribution in [0, 0.1) is 0 Å². The Morgan fingerprint density at radius 1 is 0.737 bits per heavy atom. The van der Waals surface area contributed by atoms with Gasteiger partial charge in [0.15, 0.2) is 0 Å². The zero-order valence-corrected chi connectivity index (χ0v) is 11.0. The summed E-state index contributed by atoms with van der Waals surface area (Å²) in [6, 6.07) is 21.4. The van der Waals surface area contributed by atoms with Crippen LogP contribution in [0.2, 0.25) is 5.02 Å². The second-order valence-electron chi connectivity index (χ2n) is 4.56. The van der Waals surface area contributed by atoms with Crippen molar-refractivity contribution in [1.82, 2.24) is 0 Å². The summed E-state index contributed by atoms with van der Waals surface area (Å²) in [7, 11) is 0. The average Bonchev–Trinajstić information content (AvgIpc) is 2.47.